The molecule has 0 aromatic heterocycles. The Bertz CT molecular complexity index is 810. The zero-order chi connectivity index (χ0) is 19.9. The van der Waals surface area contributed by atoms with E-state index < -0.39 is 6.09 Å². The summed E-state index contributed by atoms with van der Waals surface area (Å²) in [6.45, 7) is 3.31. The number of piperidine rings is 1. The normalized spacial score (nSPS) is 15.5. The second-order valence-electron chi connectivity index (χ2n) is 7.51. The van der Waals surface area contributed by atoms with Gasteiger partial charge >= 0.3 is 6.09 Å². The highest BCUT2D eigenvalue weighted by Gasteiger charge is 2.24. The molecule has 1 aliphatic heterocycles. The van der Waals surface area contributed by atoms with Crippen molar-refractivity contribution in [1.82, 2.24) is 15.1 Å². The number of likely N-dealkylation sites (N-methyl/N-ethyl adjacent to an activating group) is 1. The van der Waals surface area contributed by atoms with E-state index in [4.69, 9.17) is 0 Å². The Kier molecular flexibility index (Phi) is 6.87. The molecule has 0 aliphatic carbocycles. The number of hydrogen-bond acceptors (Lipinski definition) is 3. The maximum absolute atomic E-state index is 11.5. The Morgan fingerprint density at radius 1 is 1.14 bits per heavy atom. The Morgan fingerprint density at radius 2 is 1.86 bits per heavy atom. The molecule has 1 heterocycles. The number of amides is 2. The van der Waals surface area contributed by atoms with E-state index >= 15 is 0 Å². The second kappa shape index (κ2) is 9.55. The van der Waals surface area contributed by atoms with Gasteiger partial charge in [-0.3, -0.25) is 9.69 Å². The summed E-state index contributed by atoms with van der Waals surface area (Å²) in [6.07, 6.45) is 1.92. The fourth-order valence-electron chi connectivity index (χ4n) is 3.96. The molecule has 0 atom stereocenters. The number of nitrogens with zero attached hydrogens (tertiary/aromatic N) is 2. The highest BCUT2D eigenvalue weighted by molar-refractivity contribution is 5.85. The fraction of sp³-hybridized carbons (Fsp3) is 0.455. The molecule has 2 aromatic rings. The number of likely N-dealkylation sites (tertiary alicyclic amines) is 1. The molecule has 0 spiro atoms. The first kappa shape index (κ1) is 20.1. The summed E-state index contributed by atoms with van der Waals surface area (Å²) in [4.78, 5) is 26.6. The summed E-state index contributed by atoms with van der Waals surface area (Å²) < 4.78 is 0. The lowest BCUT2D eigenvalue weighted by molar-refractivity contribution is -0.121. The van der Waals surface area contributed by atoms with Crippen molar-refractivity contribution in [2.75, 3.05) is 39.8 Å². The van der Waals surface area contributed by atoms with Gasteiger partial charge in [0.05, 0.1) is 0 Å². The molecule has 2 aromatic carbocycles. The van der Waals surface area contributed by atoms with Crippen LogP contribution in [-0.4, -0.2) is 66.7 Å². The van der Waals surface area contributed by atoms with Crippen molar-refractivity contribution < 1.29 is 14.7 Å². The quantitative estimate of drug-likeness (QED) is 0.771. The van der Waals surface area contributed by atoms with Crippen molar-refractivity contribution in [2.45, 2.75) is 19.3 Å². The molecular formula is C22H29N3O3. The van der Waals surface area contributed by atoms with Crippen LogP contribution in [0.5, 0.6) is 0 Å². The topological polar surface area (TPSA) is 72.9 Å². The zero-order valence-electron chi connectivity index (χ0n) is 16.4. The van der Waals surface area contributed by atoms with E-state index in [-0.39, 0.29) is 12.5 Å². The third kappa shape index (κ3) is 5.23. The third-order valence-corrected chi connectivity index (χ3v) is 5.65. The van der Waals surface area contributed by atoms with Crippen LogP contribution in [0.25, 0.3) is 10.8 Å². The van der Waals surface area contributed by atoms with Crippen LogP contribution in [-0.2, 0) is 11.2 Å². The lowest BCUT2D eigenvalue weighted by Crippen LogP contribution is -2.44. The van der Waals surface area contributed by atoms with Gasteiger partial charge < -0.3 is 15.3 Å². The number of carbonyl (C=O) groups is 2. The Hall–Kier alpha value is -2.60. The minimum atomic E-state index is -1.03. The van der Waals surface area contributed by atoms with Crippen molar-refractivity contribution in [2.24, 2.45) is 5.92 Å². The van der Waals surface area contributed by atoms with Crippen molar-refractivity contribution >= 4 is 22.8 Å². The van der Waals surface area contributed by atoms with Gasteiger partial charge in [-0.1, -0.05) is 42.5 Å². The lowest BCUT2D eigenvalue weighted by atomic mass is 9.95. The molecule has 28 heavy (non-hydrogen) atoms. The number of rotatable bonds is 7. The average Bonchev–Trinajstić information content (AvgIpc) is 2.72. The number of carboxylic acid groups (broad SMARTS) is 1. The van der Waals surface area contributed by atoms with Gasteiger partial charge in [-0.25, -0.2) is 4.79 Å². The van der Waals surface area contributed by atoms with Gasteiger partial charge in [-0.15, -0.1) is 0 Å². The summed E-state index contributed by atoms with van der Waals surface area (Å²) in [5, 5.41) is 14.4. The molecule has 0 saturated carbocycles. The highest BCUT2D eigenvalue weighted by Crippen LogP contribution is 2.22. The number of hydrogen-bond donors (Lipinski definition) is 2. The first-order valence-corrected chi connectivity index (χ1v) is 9.94. The Labute approximate surface area is 166 Å². The van der Waals surface area contributed by atoms with Crippen molar-refractivity contribution in [3.63, 3.8) is 0 Å². The van der Waals surface area contributed by atoms with Gasteiger partial charge in [0.25, 0.3) is 0 Å². The SMILES string of the molecule is CNC(=O)CN(CC1CCN(CCc2cccc3ccccc23)CC1)C(=O)O. The van der Waals surface area contributed by atoms with Crippen LogP contribution in [0.2, 0.25) is 0 Å². The molecule has 1 saturated heterocycles. The van der Waals surface area contributed by atoms with Crippen LogP contribution in [0.15, 0.2) is 42.5 Å². The van der Waals surface area contributed by atoms with Crippen LogP contribution >= 0.6 is 0 Å². The molecule has 1 aliphatic rings. The standard InChI is InChI=1S/C22H29N3O3/c1-23-21(26)16-25(22(27)28)15-17-9-12-24(13-10-17)14-11-19-7-4-6-18-5-2-3-8-20(18)19/h2-8,17H,9-16H2,1H3,(H,23,26)(H,27,28). The third-order valence-electron chi connectivity index (χ3n) is 5.65. The molecule has 0 bridgehead atoms. The van der Waals surface area contributed by atoms with Gasteiger partial charge in [0.1, 0.15) is 6.54 Å². The molecular weight excluding hydrogens is 354 g/mol. The monoisotopic (exact) mass is 383 g/mol. The molecule has 0 radical (unpaired) electrons. The first-order chi connectivity index (χ1) is 13.6. The predicted octanol–water partition coefficient (Wildman–Crippen LogP) is 2.82. The minimum Gasteiger partial charge on any atom is -0.465 e. The van der Waals surface area contributed by atoms with E-state index in [1.807, 2.05) is 0 Å². The highest BCUT2D eigenvalue weighted by atomic mass is 16.4. The van der Waals surface area contributed by atoms with E-state index in [0.29, 0.717) is 12.5 Å². The van der Waals surface area contributed by atoms with Gasteiger partial charge in [0.15, 0.2) is 0 Å². The van der Waals surface area contributed by atoms with Crippen LogP contribution in [0.1, 0.15) is 18.4 Å². The predicted molar refractivity (Wildman–Crippen MR) is 110 cm³/mol. The summed E-state index contributed by atoms with van der Waals surface area (Å²) >= 11 is 0. The summed E-state index contributed by atoms with van der Waals surface area (Å²) in [5.74, 6) is 0.0458. The molecule has 2 N–H and O–H groups in total. The van der Waals surface area contributed by atoms with Crippen molar-refractivity contribution in [3.8, 4) is 0 Å². The van der Waals surface area contributed by atoms with Crippen molar-refractivity contribution in [1.29, 1.82) is 0 Å². The number of carbonyl (C=O) groups excluding carboxylic acids is 1. The lowest BCUT2D eigenvalue weighted by Gasteiger charge is -2.34. The summed E-state index contributed by atoms with van der Waals surface area (Å²) in [5.41, 5.74) is 1.38. The number of benzene rings is 2. The number of fused-ring (bicyclic) bond motifs is 1. The van der Waals surface area contributed by atoms with E-state index in [1.54, 1.807) is 0 Å². The summed E-state index contributed by atoms with van der Waals surface area (Å²) in [7, 11) is 1.52. The Balaban J connectivity index is 1.48. The number of nitrogens with one attached hydrogen (secondary N) is 1. The van der Waals surface area contributed by atoms with Crippen molar-refractivity contribution in [3.05, 3.63) is 48.0 Å². The van der Waals surface area contributed by atoms with Gasteiger partial charge in [0, 0.05) is 20.1 Å². The van der Waals surface area contributed by atoms with Crippen LogP contribution in [0.3, 0.4) is 0 Å². The molecule has 150 valence electrons. The molecule has 2 amide bonds. The van der Waals surface area contributed by atoms with Gasteiger partial charge in [-0.2, -0.15) is 0 Å². The van der Waals surface area contributed by atoms with E-state index in [2.05, 4.69) is 52.7 Å². The molecule has 3 rings (SSSR count). The zero-order valence-corrected chi connectivity index (χ0v) is 16.4. The minimum absolute atomic E-state index is 0.0901. The Morgan fingerprint density at radius 3 is 2.57 bits per heavy atom. The summed E-state index contributed by atoms with van der Waals surface area (Å²) in [6, 6.07) is 15.0. The molecule has 0 unspecified atom stereocenters. The fourth-order valence-corrected chi connectivity index (χ4v) is 3.96. The van der Waals surface area contributed by atoms with E-state index in [0.717, 1.165) is 38.9 Å². The molecule has 6 heteroatoms. The van der Waals surface area contributed by atoms with Crippen LogP contribution in [0, 0.1) is 5.92 Å². The first-order valence-electron chi connectivity index (χ1n) is 9.94. The molecule has 6 nitrogen and oxygen atoms in total. The van der Waals surface area contributed by atoms with E-state index in [9.17, 15) is 14.7 Å². The second-order valence-corrected chi connectivity index (χ2v) is 7.51. The maximum Gasteiger partial charge on any atom is 0.407 e. The maximum atomic E-state index is 11.5. The van der Waals surface area contributed by atoms with Crippen LogP contribution < -0.4 is 5.32 Å². The molecule has 1 fully saturated rings. The smallest absolute Gasteiger partial charge is 0.407 e. The van der Waals surface area contributed by atoms with E-state index in [1.165, 1.54) is 28.3 Å². The average molecular weight is 383 g/mol. The van der Waals surface area contributed by atoms with Gasteiger partial charge in [-0.05, 0) is 54.6 Å². The van der Waals surface area contributed by atoms with Crippen LogP contribution in [0.4, 0.5) is 4.79 Å². The largest absolute Gasteiger partial charge is 0.465 e. The van der Waals surface area contributed by atoms with Gasteiger partial charge in [0.2, 0.25) is 5.91 Å².